The summed E-state index contributed by atoms with van der Waals surface area (Å²) in [6, 6.07) is 10.2. The van der Waals surface area contributed by atoms with Crippen LogP contribution in [0.5, 0.6) is 5.75 Å². The van der Waals surface area contributed by atoms with Crippen molar-refractivity contribution in [1.29, 1.82) is 0 Å². The fourth-order valence-electron chi connectivity index (χ4n) is 2.61. The largest absolute Gasteiger partial charge is 0.513 e. The van der Waals surface area contributed by atoms with Crippen molar-refractivity contribution in [2.24, 2.45) is 0 Å². The minimum absolute atomic E-state index is 0.127. The lowest BCUT2D eigenvalue weighted by molar-refractivity contribution is -0.139. The number of nitrogens with zero attached hydrogens (tertiary/aromatic N) is 1. The summed E-state index contributed by atoms with van der Waals surface area (Å²) in [5.41, 5.74) is -0.958. The fraction of sp³-hybridized carbons (Fsp3) is 0.111. The monoisotopic (exact) mass is 371 g/mol. The standard InChI is InChI=1S/C18H13NO8/c1-25-18(24)26-12-9-5-8-11-14(12)27-17(23)19(15(11)20)13(16(21)22)10-6-3-2-4-7-10/h2-9,13H,1H3,(H,21,22). The molecule has 0 bridgehead atoms. The summed E-state index contributed by atoms with van der Waals surface area (Å²) in [7, 11) is 1.09. The Labute approximate surface area is 151 Å². The predicted molar refractivity (Wildman–Crippen MR) is 92.0 cm³/mol. The predicted octanol–water partition coefficient (Wildman–Crippen LogP) is 1.77. The number of hydrogen-bond donors (Lipinski definition) is 1. The number of hydrogen-bond acceptors (Lipinski definition) is 7. The Bertz CT molecular complexity index is 1130. The van der Waals surface area contributed by atoms with Crippen LogP contribution in [0.4, 0.5) is 4.79 Å². The van der Waals surface area contributed by atoms with Crippen LogP contribution in [-0.2, 0) is 9.53 Å². The van der Waals surface area contributed by atoms with E-state index in [0.717, 1.165) is 7.11 Å². The third-order valence-corrected chi connectivity index (χ3v) is 3.78. The highest BCUT2D eigenvalue weighted by atomic mass is 16.7. The smallest absolute Gasteiger partial charge is 0.479 e. The molecule has 3 aromatic rings. The van der Waals surface area contributed by atoms with E-state index in [1.165, 1.54) is 30.3 Å². The topological polar surface area (TPSA) is 125 Å². The number of carboxylic acid groups (broad SMARTS) is 1. The van der Waals surface area contributed by atoms with Crippen LogP contribution in [0.15, 0.2) is 62.5 Å². The maximum Gasteiger partial charge on any atom is 0.513 e. The Balaban J connectivity index is 2.27. The summed E-state index contributed by atoms with van der Waals surface area (Å²) < 4.78 is 14.8. The maximum absolute atomic E-state index is 12.8. The molecule has 1 N–H and O–H groups in total. The van der Waals surface area contributed by atoms with Crippen LogP contribution in [0.1, 0.15) is 11.6 Å². The zero-order chi connectivity index (χ0) is 19.6. The van der Waals surface area contributed by atoms with E-state index < -0.39 is 29.5 Å². The first-order chi connectivity index (χ1) is 12.9. The minimum Gasteiger partial charge on any atom is -0.479 e. The fourth-order valence-corrected chi connectivity index (χ4v) is 2.61. The highest BCUT2D eigenvalue weighted by Gasteiger charge is 2.28. The number of carboxylic acids is 1. The Morgan fingerprint density at radius 1 is 1.07 bits per heavy atom. The number of para-hydroxylation sites is 1. The van der Waals surface area contributed by atoms with Gasteiger partial charge in [-0.1, -0.05) is 36.4 Å². The second kappa shape index (κ2) is 7.16. The number of carbonyl (C=O) groups excluding carboxylic acids is 1. The molecule has 0 spiro atoms. The Morgan fingerprint density at radius 3 is 2.41 bits per heavy atom. The van der Waals surface area contributed by atoms with E-state index in [9.17, 15) is 24.3 Å². The Hall–Kier alpha value is -3.88. The van der Waals surface area contributed by atoms with Gasteiger partial charge in [0.15, 0.2) is 17.4 Å². The first-order valence-corrected chi connectivity index (χ1v) is 7.66. The molecule has 0 fully saturated rings. The molecule has 9 nitrogen and oxygen atoms in total. The van der Waals surface area contributed by atoms with Crippen molar-refractivity contribution >= 4 is 23.1 Å². The van der Waals surface area contributed by atoms with Gasteiger partial charge in [-0.25, -0.2) is 19.0 Å². The quantitative estimate of drug-likeness (QED) is 0.543. The van der Waals surface area contributed by atoms with Crippen LogP contribution in [0.3, 0.4) is 0 Å². The first kappa shape index (κ1) is 17.9. The zero-order valence-electron chi connectivity index (χ0n) is 13.9. The number of benzene rings is 2. The summed E-state index contributed by atoms with van der Waals surface area (Å²) in [6.45, 7) is 0. The number of aliphatic carboxylic acids is 1. The molecule has 1 atom stereocenters. The molecule has 0 saturated heterocycles. The van der Waals surface area contributed by atoms with Crippen molar-refractivity contribution in [3.8, 4) is 5.75 Å². The second-order valence-electron chi connectivity index (χ2n) is 5.38. The van der Waals surface area contributed by atoms with Gasteiger partial charge in [0.1, 0.15) is 0 Å². The van der Waals surface area contributed by atoms with Gasteiger partial charge in [0.25, 0.3) is 5.56 Å². The molecule has 0 radical (unpaired) electrons. The average molecular weight is 371 g/mol. The van der Waals surface area contributed by atoms with Crippen LogP contribution in [0.2, 0.25) is 0 Å². The lowest BCUT2D eigenvalue weighted by Crippen LogP contribution is -2.39. The summed E-state index contributed by atoms with van der Waals surface area (Å²) in [5.74, 6) is -2.81. The number of carbonyl (C=O) groups is 2. The SMILES string of the molecule is COC(=O)Oc1cccc2c(=O)n(C(C(=O)O)c3ccccc3)c(=O)oc12. The molecule has 0 amide bonds. The van der Waals surface area contributed by atoms with E-state index in [2.05, 4.69) is 4.74 Å². The average Bonchev–Trinajstić information content (AvgIpc) is 2.66. The van der Waals surface area contributed by atoms with Gasteiger partial charge in [0.05, 0.1) is 12.5 Å². The highest BCUT2D eigenvalue weighted by Crippen LogP contribution is 2.24. The molecule has 0 aliphatic carbocycles. The summed E-state index contributed by atoms with van der Waals surface area (Å²) >= 11 is 0. The number of rotatable bonds is 4. The van der Waals surface area contributed by atoms with Gasteiger partial charge >= 0.3 is 17.9 Å². The van der Waals surface area contributed by atoms with Crippen LogP contribution in [0.25, 0.3) is 11.0 Å². The number of methoxy groups -OCH3 is 1. The van der Waals surface area contributed by atoms with E-state index >= 15 is 0 Å². The van der Waals surface area contributed by atoms with Crippen molar-refractivity contribution in [2.45, 2.75) is 6.04 Å². The molecular weight excluding hydrogens is 358 g/mol. The van der Waals surface area contributed by atoms with Crippen molar-refractivity contribution in [3.05, 3.63) is 75.0 Å². The zero-order valence-corrected chi connectivity index (χ0v) is 13.9. The van der Waals surface area contributed by atoms with Crippen molar-refractivity contribution in [2.75, 3.05) is 7.11 Å². The first-order valence-electron chi connectivity index (χ1n) is 7.66. The minimum atomic E-state index is -1.58. The number of aromatic nitrogens is 1. The summed E-state index contributed by atoms with van der Waals surface area (Å²) in [5, 5.41) is 9.45. The normalized spacial score (nSPS) is 11.7. The molecule has 138 valence electrons. The van der Waals surface area contributed by atoms with Crippen LogP contribution < -0.4 is 16.1 Å². The number of fused-ring (bicyclic) bond motifs is 1. The van der Waals surface area contributed by atoms with E-state index in [4.69, 9.17) is 9.15 Å². The lowest BCUT2D eigenvalue weighted by Gasteiger charge is -2.15. The van der Waals surface area contributed by atoms with E-state index in [0.29, 0.717) is 4.57 Å². The lowest BCUT2D eigenvalue weighted by atomic mass is 10.1. The maximum atomic E-state index is 12.8. The summed E-state index contributed by atoms with van der Waals surface area (Å²) in [4.78, 5) is 48.4. The van der Waals surface area contributed by atoms with Crippen molar-refractivity contribution in [1.82, 2.24) is 4.57 Å². The third kappa shape index (κ3) is 3.30. The van der Waals surface area contributed by atoms with Gasteiger partial charge < -0.3 is 19.0 Å². The van der Waals surface area contributed by atoms with E-state index in [-0.39, 0.29) is 22.3 Å². The molecule has 1 heterocycles. The summed E-state index contributed by atoms with van der Waals surface area (Å²) in [6.07, 6.45) is -1.07. The van der Waals surface area contributed by atoms with Crippen molar-refractivity contribution < 1.29 is 28.6 Å². The second-order valence-corrected chi connectivity index (χ2v) is 5.38. The molecule has 3 rings (SSSR count). The molecule has 2 aromatic carbocycles. The number of ether oxygens (including phenoxy) is 2. The van der Waals surface area contributed by atoms with Crippen LogP contribution >= 0.6 is 0 Å². The molecular formula is C18H13NO8. The van der Waals surface area contributed by atoms with E-state index in [1.54, 1.807) is 18.2 Å². The van der Waals surface area contributed by atoms with Gasteiger partial charge in [-0.15, -0.1) is 0 Å². The van der Waals surface area contributed by atoms with Crippen LogP contribution in [0, 0.1) is 0 Å². The molecule has 9 heteroatoms. The van der Waals surface area contributed by atoms with Gasteiger partial charge in [0, 0.05) is 0 Å². The molecule has 0 aliphatic rings. The van der Waals surface area contributed by atoms with E-state index in [1.807, 2.05) is 0 Å². The van der Waals surface area contributed by atoms with Crippen LogP contribution in [-0.4, -0.2) is 28.9 Å². The van der Waals surface area contributed by atoms with Gasteiger partial charge in [-0.3, -0.25) is 4.79 Å². The third-order valence-electron chi connectivity index (χ3n) is 3.78. The molecule has 1 aromatic heterocycles. The Kier molecular flexibility index (Phi) is 4.75. The van der Waals surface area contributed by atoms with Gasteiger partial charge in [-0.05, 0) is 17.7 Å². The molecule has 1 unspecified atom stereocenters. The van der Waals surface area contributed by atoms with Gasteiger partial charge in [-0.2, -0.15) is 0 Å². The molecule has 0 aliphatic heterocycles. The molecule has 27 heavy (non-hydrogen) atoms. The van der Waals surface area contributed by atoms with Gasteiger partial charge in [0.2, 0.25) is 0 Å². The Morgan fingerprint density at radius 2 is 1.78 bits per heavy atom. The highest BCUT2D eigenvalue weighted by molar-refractivity contribution is 5.84. The molecule has 0 saturated carbocycles. The van der Waals surface area contributed by atoms with Crippen molar-refractivity contribution in [3.63, 3.8) is 0 Å².